The van der Waals surface area contributed by atoms with Gasteiger partial charge in [0.2, 0.25) is 0 Å². The Morgan fingerprint density at radius 2 is 2.33 bits per heavy atom. The Morgan fingerprint density at radius 1 is 1.56 bits per heavy atom. The monoisotopic (exact) mass is 269 g/mol. The molecule has 0 saturated carbocycles. The van der Waals surface area contributed by atoms with Crippen molar-refractivity contribution < 1.29 is 14.3 Å². The summed E-state index contributed by atoms with van der Waals surface area (Å²) in [6.07, 6.45) is -0.477. The molecule has 1 aliphatic rings. The fraction of sp³-hybridized carbons (Fsp3) is 0.462. The summed E-state index contributed by atoms with van der Waals surface area (Å²) in [6.45, 7) is 3.70. The first-order valence-electron chi connectivity index (χ1n) is 6.00. The van der Waals surface area contributed by atoms with Crippen LogP contribution in [0.3, 0.4) is 0 Å². The van der Waals surface area contributed by atoms with Gasteiger partial charge in [-0.3, -0.25) is 0 Å². The van der Waals surface area contributed by atoms with E-state index in [0.29, 0.717) is 31.3 Å². The molecule has 4 nitrogen and oxygen atoms in total. The summed E-state index contributed by atoms with van der Waals surface area (Å²) >= 11 is 6.13. The van der Waals surface area contributed by atoms with Crippen LogP contribution in [-0.2, 0) is 9.47 Å². The van der Waals surface area contributed by atoms with Crippen LogP contribution in [0.1, 0.15) is 18.6 Å². The highest BCUT2D eigenvalue weighted by molar-refractivity contribution is 6.31. The Hall–Kier alpha value is -1.26. The van der Waals surface area contributed by atoms with Crippen LogP contribution in [0.2, 0.25) is 5.02 Å². The Bertz CT molecular complexity index is 424. The van der Waals surface area contributed by atoms with Crippen LogP contribution in [0.25, 0.3) is 0 Å². The number of hydrogen-bond acceptors (Lipinski definition) is 3. The molecule has 18 heavy (non-hydrogen) atoms. The molecule has 2 rings (SSSR count). The Balaban J connectivity index is 2.07. The highest BCUT2D eigenvalue weighted by atomic mass is 35.5. The highest BCUT2D eigenvalue weighted by Gasteiger charge is 2.27. The molecule has 0 aromatic heterocycles. The molecule has 1 atom stereocenters. The van der Waals surface area contributed by atoms with E-state index in [1.165, 1.54) is 0 Å². The van der Waals surface area contributed by atoms with E-state index in [0.717, 1.165) is 5.56 Å². The molecule has 1 aromatic rings. The van der Waals surface area contributed by atoms with Gasteiger partial charge in [-0.25, -0.2) is 4.79 Å². The van der Waals surface area contributed by atoms with E-state index in [1.807, 2.05) is 24.3 Å². The zero-order valence-corrected chi connectivity index (χ0v) is 11.0. The van der Waals surface area contributed by atoms with Crippen LogP contribution in [0, 0.1) is 0 Å². The summed E-state index contributed by atoms with van der Waals surface area (Å²) in [5.74, 6) is 0. The second-order valence-corrected chi connectivity index (χ2v) is 4.43. The number of benzene rings is 1. The summed E-state index contributed by atoms with van der Waals surface area (Å²) in [7, 11) is 0. The third kappa shape index (κ3) is 2.94. The molecule has 1 fully saturated rings. The van der Waals surface area contributed by atoms with Gasteiger partial charge in [0.15, 0.2) is 0 Å². The van der Waals surface area contributed by atoms with Crippen LogP contribution in [0.15, 0.2) is 24.3 Å². The van der Waals surface area contributed by atoms with Crippen LogP contribution >= 0.6 is 11.6 Å². The van der Waals surface area contributed by atoms with Crippen molar-refractivity contribution in [1.29, 1.82) is 0 Å². The smallest absolute Gasteiger partial charge is 0.409 e. The predicted molar refractivity (Wildman–Crippen MR) is 68.7 cm³/mol. The summed E-state index contributed by atoms with van der Waals surface area (Å²) < 4.78 is 10.7. The second kappa shape index (κ2) is 6.07. The summed E-state index contributed by atoms with van der Waals surface area (Å²) in [6, 6.07) is 7.52. The highest BCUT2D eigenvalue weighted by Crippen LogP contribution is 2.28. The minimum Gasteiger partial charge on any atom is -0.450 e. The van der Waals surface area contributed by atoms with Crippen molar-refractivity contribution in [2.75, 3.05) is 26.3 Å². The Labute approximate surface area is 111 Å². The number of ether oxygens (including phenoxy) is 2. The number of carbonyl (C=O) groups is 1. The first-order chi connectivity index (χ1) is 8.72. The molecule has 0 radical (unpaired) electrons. The van der Waals surface area contributed by atoms with Crippen LogP contribution < -0.4 is 0 Å². The van der Waals surface area contributed by atoms with Gasteiger partial charge in [-0.1, -0.05) is 29.8 Å². The summed E-state index contributed by atoms with van der Waals surface area (Å²) in [5, 5.41) is 0.660. The topological polar surface area (TPSA) is 38.8 Å². The molecule has 1 amide bonds. The molecule has 0 spiro atoms. The van der Waals surface area contributed by atoms with Crippen molar-refractivity contribution in [3.8, 4) is 0 Å². The predicted octanol–water partition coefficient (Wildman–Crippen LogP) is 2.87. The van der Waals surface area contributed by atoms with E-state index >= 15 is 0 Å². The molecule has 0 aliphatic carbocycles. The van der Waals surface area contributed by atoms with Crippen molar-refractivity contribution in [2.45, 2.75) is 13.0 Å². The molecular formula is C13H16ClNO3. The van der Waals surface area contributed by atoms with Gasteiger partial charge in [-0.15, -0.1) is 0 Å². The van der Waals surface area contributed by atoms with Gasteiger partial charge in [0.1, 0.15) is 6.10 Å². The number of carbonyl (C=O) groups excluding carboxylic acids is 1. The van der Waals surface area contributed by atoms with E-state index < -0.39 is 0 Å². The number of halogens is 1. The zero-order valence-electron chi connectivity index (χ0n) is 10.3. The van der Waals surface area contributed by atoms with Crippen molar-refractivity contribution in [3.05, 3.63) is 34.9 Å². The van der Waals surface area contributed by atoms with Gasteiger partial charge in [0.05, 0.1) is 19.8 Å². The molecule has 98 valence electrons. The molecule has 1 aliphatic heterocycles. The maximum Gasteiger partial charge on any atom is 0.409 e. The lowest BCUT2D eigenvalue weighted by Crippen LogP contribution is -2.42. The molecule has 1 saturated heterocycles. The van der Waals surface area contributed by atoms with Gasteiger partial charge in [0.25, 0.3) is 0 Å². The van der Waals surface area contributed by atoms with Crippen molar-refractivity contribution in [2.24, 2.45) is 0 Å². The second-order valence-electron chi connectivity index (χ2n) is 4.03. The molecule has 0 bridgehead atoms. The maximum absolute atomic E-state index is 11.7. The SMILES string of the molecule is CCOC(=O)N1CCOC(c2ccccc2Cl)C1. The van der Waals surface area contributed by atoms with Gasteiger partial charge in [-0.2, -0.15) is 0 Å². The van der Waals surface area contributed by atoms with E-state index in [2.05, 4.69) is 0 Å². The van der Waals surface area contributed by atoms with Crippen LogP contribution in [0.5, 0.6) is 0 Å². The molecule has 5 heteroatoms. The zero-order chi connectivity index (χ0) is 13.0. The van der Waals surface area contributed by atoms with E-state index in [9.17, 15) is 4.79 Å². The van der Waals surface area contributed by atoms with E-state index in [-0.39, 0.29) is 12.2 Å². The van der Waals surface area contributed by atoms with Gasteiger partial charge >= 0.3 is 6.09 Å². The lowest BCUT2D eigenvalue weighted by atomic mass is 10.1. The minimum absolute atomic E-state index is 0.183. The Kier molecular flexibility index (Phi) is 4.44. The molecule has 1 aromatic carbocycles. The van der Waals surface area contributed by atoms with Crippen molar-refractivity contribution >= 4 is 17.7 Å². The number of amides is 1. The number of rotatable bonds is 2. The molecule has 1 heterocycles. The largest absolute Gasteiger partial charge is 0.450 e. The van der Waals surface area contributed by atoms with Crippen molar-refractivity contribution in [1.82, 2.24) is 4.90 Å². The third-order valence-electron chi connectivity index (χ3n) is 2.84. The fourth-order valence-corrected chi connectivity index (χ4v) is 2.21. The number of nitrogens with zero attached hydrogens (tertiary/aromatic N) is 1. The average molecular weight is 270 g/mol. The van der Waals surface area contributed by atoms with Gasteiger partial charge in [0, 0.05) is 17.1 Å². The molecular weight excluding hydrogens is 254 g/mol. The van der Waals surface area contributed by atoms with Crippen LogP contribution in [-0.4, -0.2) is 37.3 Å². The fourth-order valence-electron chi connectivity index (χ4n) is 1.95. The summed E-state index contributed by atoms with van der Waals surface area (Å²) in [4.78, 5) is 13.3. The lowest BCUT2D eigenvalue weighted by molar-refractivity contribution is -0.0279. The number of hydrogen-bond donors (Lipinski definition) is 0. The van der Waals surface area contributed by atoms with Crippen LogP contribution in [0.4, 0.5) is 4.79 Å². The van der Waals surface area contributed by atoms with Crippen molar-refractivity contribution in [3.63, 3.8) is 0 Å². The average Bonchev–Trinajstić information content (AvgIpc) is 2.40. The summed E-state index contributed by atoms with van der Waals surface area (Å²) in [5.41, 5.74) is 0.910. The standard InChI is InChI=1S/C13H16ClNO3/c1-2-17-13(16)15-7-8-18-12(9-15)10-5-3-4-6-11(10)14/h3-6,12H,2,7-9H2,1H3. The first-order valence-corrected chi connectivity index (χ1v) is 6.38. The Morgan fingerprint density at radius 3 is 3.06 bits per heavy atom. The maximum atomic E-state index is 11.7. The third-order valence-corrected chi connectivity index (χ3v) is 3.19. The lowest BCUT2D eigenvalue weighted by Gasteiger charge is -2.32. The first kappa shape index (κ1) is 13.2. The van der Waals surface area contributed by atoms with Gasteiger partial charge < -0.3 is 14.4 Å². The quantitative estimate of drug-likeness (QED) is 0.829. The van der Waals surface area contributed by atoms with Gasteiger partial charge in [-0.05, 0) is 13.0 Å². The number of morpholine rings is 1. The van der Waals surface area contributed by atoms with E-state index in [4.69, 9.17) is 21.1 Å². The minimum atomic E-state index is -0.294. The van der Waals surface area contributed by atoms with E-state index in [1.54, 1.807) is 11.8 Å². The normalized spacial score (nSPS) is 19.7. The molecule has 1 unspecified atom stereocenters. The molecule has 0 N–H and O–H groups in total.